The lowest BCUT2D eigenvalue weighted by Crippen LogP contribution is -2.55. The molecule has 0 radical (unpaired) electrons. The summed E-state index contributed by atoms with van der Waals surface area (Å²) in [6.45, 7) is 6.39. The molecular formula is C29H32N4O4S2. The average molecular weight is 565 g/mol. The normalized spacial score (nSPS) is 19.5. The maximum absolute atomic E-state index is 13.9. The number of nitrogens with one attached hydrogen (secondary N) is 1. The quantitative estimate of drug-likeness (QED) is 0.380. The van der Waals surface area contributed by atoms with E-state index in [1.165, 1.54) is 4.90 Å². The number of aliphatic hydroxyl groups excluding tert-OH is 1. The van der Waals surface area contributed by atoms with Gasteiger partial charge in [0, 0.05) is 36.5 Å². The number of hydrogen-bond donors (Lipinski definition) is 3. The van der Waals surface area contributed by atoms with Crippen LogP contribution in [0.25, 0.3) is 10.4 Å². The Kier molecular flexibility index (Phi) is 7.80. The first kappa shape index (κ1) is 27.4. The number of rotatable bonds is 7. The summed E-state index contributed by atoms with van der Waals surface area (Å²) in [5.41, 5.74) is 6.11. The molecule has 0 saturated carbocycles. The highest BCUT2D eigenvalue weighted by molar-refractivity contribution is 7.80. The van der Waals surface area contributed by atoms with Crippen LogP contribution in [0.2, 0.25) is 0 Å². The molecule has 0 aliphatic carbocycles. The van der Waals surface area contributed by atoms with E-state index in [4.69, 9.17) is 0 Å². The Bertz CT molecular complexity index is 1420. The molecule has 8 nitrogen and oxygen atoms in total. The van der Waals surface area contributed by atoms with Gasteiger partial charge in [-0.3, -0.25) is 14.4 Å². The number of β-amino-alcohol motifs (C(OH)–C–C–N with tert-alkyl or cyclic N) is 1. The van der Waals surface area contributed by atoms with Crippen LogP contribution in [-0.2, 0) is 22.7 Å². The van der Waals surface area contributed by atoms with Crippen LogP contribution >= 0.6 is 24.0 Å². The Morgan fingerprint density at radius 1 is 1.23 bits per heavy atom. The third-order valence-electron chi connectivity index (χ3n) is 7.48. The fraction of sp³-hybridized carbons (Fsp3) is 0.379. The van der Waals surface area contributed by atoms with Gasteiger partial charge in [0.1, 0.15) is 12.1 Å². The van der Waals surface area contributed by atoms with Crippen molar-refractivity contribution in [3.8, 4) is 10.4 Å². The predicted molar refractivity (Wildman–Crippen MR) is 152 cm³/mol. The zero-order chi connectivity index (χ0) is 27.8. The van der Waals surface area contributed by atoms with E-state index in [0.717, 1.165) is 32.2 Å². The molecule has 3 aromatic rings. The van der Waals surface area contributed by atoms with Crippen molar-refractivity contribution in [1.29, 1.82) is 0 Å². The zero-order valence-electron chi connectivity index (χ0n) is 22.1. The number of likely N-dealkylation sites (tertiary alicyclic amines) is 1. The minimum atomic E-state index is -0.823. The van der Waals surface area contributed by atoms with Crippen molar-refractivity contribution in [3.05, 3.63) is 70.4 Å². The summed E-state index contributed by atoms with van der Waals surface area (Å²) in [5.74, 6) is -1.02. The van der Waals surface area contributed by atoms with Gasteiger partial charge in [-0.15, -0.1) is 24.0 Å². The van der Waals surface area contributed by atoms with Gasteiger partial charge in [-0.2, -0.15) is 0 Å². The van der Waals surface area contributed by atoms with E-state index < -0.39 is 18.2 Å². The van der Waals surface area contributed by atoms with Crippen LogP contribution in [0.1, 0.15) is 47.4 Å². The molecule has 3 atom stereocenters. The first-order chi connectivity index (χ1) is 18.7. The number of hydrogen-bond acceptors (Lipinski definition) is 7. The van der Waals surface area contributed by atoms with Gasteiger partial charge in [-0.1, -0.05) is 44.2 Å². The van der Waals surface area contributed by atoms with Crippen molar-refractivity contribution in [1.82, 2.24) is 20.1 Å². The van der Waals surface area contributed by atoms with E-state index in [1.54, 1.807) is 22.3 Å². The summed E-state index contributed by atoms with van der Waals surface area (Å²) in [7, 11) is 0. The van der Waals surface area contributed by atoms with E-state index >= 15 is 0 Å². The van der Waals surface area contributed by atoms with Crippen LogP contribution in [0, 0.1) is 12.8 Å². The topological polar surface area (TPSA) is 103 Å². The van der Waals surface area contributed by atoms with Crippen LogP contribution in [-0.4, -0.2) is 62.3 Å². The molecule has 0 spiro atoms. The molecule has 2 aliphatic heterocycles. The minimum Gasteiger partial charge on any atom is -0.391 e. The molecule has 2 aromatic carbocycles. The monoisotopic (exact) mass is 564 g/mol. The number of benzene rings is 2. The summed E-state index contributed by atoms with van der Waals surface area (Å²) in [6, 6.07) is 11.7. The molecule has 1 fully saturated rings. The molecule has 2 N–H and O–H groups in total. The molecule has 2 aliphatic rings. The van der Waals surface area contributed by atoms with Gasteiger partial charge in [0.05, 0.1) is 22.2 Å². The van der Waals surface area contributed by atoms with Gasteiger partial charge >= 0.3 is 0 Å². The average Bonchev–Trinajstić information content (AvgIpc) is 3.60. The molecule has 10 heteroatoms. The number of nitrogens with zero attached hydrogens (tertiary/aromatic N) is 3. The molecule has 1 saturated heterocycles. The van der Waals surface area contributed by atoms with Crippen LogP contribution in [0.4, 0.5) is 0 Å². The molecular weight excluding hydrogens is 532 g/mol. The van der Waals surface area contributed by atoms with Gasteiger partial charge in [0.2, 0.25) is 11.8 Å². The number of carbonyl (C=O) groups is 3. The third-order valence-corrected chi connectivity index (χ3v) is 8.87. The maximum Gasteiger partial charge on any atom is 0.255 e. The number of aliphatic hydroxyl groups is 1. The number of aromatic nitrogens is 1. The third kappa shape index (κ3) is 5.33. The molecule has 3 amide bonds. The Balaban J connectivity index is 1.29. The van der Waals surface area contributed by atoms with E-state index in [1.807, 2.05) is 62.7 Å². The highest BCUT2D eigenvalue weighted by atomic mass is 32.1. The summed E-state index contributed by atoms with van der Waals surface area (Å²) in [4.78, 5) is 49.5. The second kappa shape index (κ2) is 11.1. The smallest absolute Gasteiger partial charge is 0.255 e. The van der Waals surface area contributed by atoms with Gasteiger partial charge < -0.3 is 20.2 Å². The van der Waals surface area contributed by atoms with Crippen molar-refractivity contribution in [2.75, 3.05) is 6.54 Å². The predicted octanol–water partition coefficient (Wildman–Crippen LogP) is 3.67. The number of thiazole rings is 1. The van der Waals surface area contributed by atoms with E-state index in [0.29, 0.717) is 12.1 Å². The fourth-order valence-electron chi connectivity index (χ4n) is 5.49. The Labute approximate surface area is 237 Å². The first-order valence-electron chi connectivity index (χ1n) is 13.0. The van der Waals surface area contributed by atoms with Crippen molar-refractivity contribution < 1.29 is 19.5 Å². The summed E-state index contributed by atoms with van der Waals surface area (Å²) in [5, 5.41) is 13.4. The maximum atomic E-state index is 13.9. The lowest BCUT2D eigenvalue weighted by atomic mass is 10.0. The number of fused-ring (bicyclic) bond motifs is 1. The second-order valence-electron chi connectivity index (χ2n) is 10.5. The summed E-state index contributed by atoms with van der Waals surface area (Å²) < 4.78 is 0. The van der Waals surface area contributed by atoms with Crippen molar-refractivity contribution in [2.24, 2.45) is 5.92 Å². The second-order valence-corrected chi connectivity index (χ2v) is 11.8. The molecule has 3 heterocycles. The van der Waals surface area contributed by atoms with Crippen LogP contribution in [0.15, 0.2) is 52.9 Å². The molecule has 0 unspecified atom stereocenters. The van der Waals surface area contributed by atoms with Crippen molar-refractivity contribution >= 4 is 41.7 Å². The van der Waals surface area contributed by atoms with Gasteiger partial charge in [-0.25, -0.2) is 4.98 Å². The molecule has 204 valence electrons. The number of thiol groups is 1. The highest BCUT2D eigenvalue weighted by Crippen LogP contribution is 2.31. The molecule has 5 rings (SSSR count). The van der Waals surface area contributed by atoms with E-state index in [2.05, 4.69) is 22.9 Å². The standard InChI is InChI=1S/C29H32N4O4S2/c1-16(2)25(33-13-20-6-4-5-7-22(20)28(33)36)29(37)32-14-21(34)11-23(32)27(35)30-12-19-9-8-18(10-24(19)38)26-17(3)31-15-39-26/h4-10,15-16,21,23,25,34,38H,11-14H2,1-3H3,(H,30,35)/t21-,23+,25+/m1/s1. The minimum absolute atomic E-state index is 0.0514. The number of amides is 3. The van der Waals surface area contributed by atoms with Crippen molar-refractivity contribution in [3.63, 3.8) is 0 Å². The summed E-state index contributed by atoms with van der Waals surface area (Å²) in [6.07, 6.45) is -0.667. The number of aryl methyl sites for hydroxylation is 1. The zero-order valence-corrected chi connectivity index (χ0v) is 23.8. The summed E-state index contributed by atoms with van der Waals surface area (Å²) >= 11 is 6.19. The fourth-order valence-corrected chi connectivity index (χ4v) is 6.58. The highest BCUT2D eigenvalue weighted by Gasteiger charge is 2.45. The van der Waals surface area contributed by atoms with Crippen LogP contribution < -0.4 is 5.32 Å². The van der Waals surface area contributed by atoms with Crippen LogP contribution in [0.5, 0.6) is 0 Å². The van der Waals surface area contributed by atoms with E-state index in [9.17, 15) is 19.5 Å². The SMILES string of the molecule is Cc1ncsc1-c1ccc(CNC(=O)[C@@H]2C[C@@H](O)CN2C(=O)[C@H](C(C)C)N2Cc3ccccc3C2=O)c(S)c1. The van der Waals surface area contributed by atoms with Crippen LogP contribution in [0.3, 0.4) is 0 Å². The van der Waals surface area contributed by atoms with Gasteiger partial charge in [-0.05, 0) is 41.7 Å². The Hall–Kier alpha value is -3.21. The largest absolute Gasteiger partial charge is 0.391 e. The lowest BCUT2D eigenvalue weighted by molar-refractivity contribution is -0.143. The lowest BCUT2D eigenvalue weighted by Gasteiger charge is -2.35. The van der Waals surface area contributed by atoms with Gasteiger partial charge in [0.25, 0.3) is 5.91 Å². The molecule has 39 heavy (non-hydrogen) atoms. The van der Waals surface area contributed by atoms with E-state index in [-0.39, 0.29) is 43.1 Å². The number of carbonyl (C=O) groups excluding carboxylic acids is 3. The first-order valence-corrected chi connectivity index (χ1v) is 14.4. The van der Waals surface area contributed by atoms with Gasteiger partial charge in [0.15, 0.2) is 0 Å². The Morgan fingerprint density at radius 3 is 2.67 bits per heavy atom. The molecule has 0 bridgehead atoms. The van der Waals surface area contributed by atoms with Crippen molar-refractivity contribution in [2.45, 2.75) is 63.4 Å². The Morgan fingerprint density at radius 2 is 2.00 bits per heavy atom. The molecule has 1 aromatic heterocycles.